The maximum absolute atomic E-state index is 4.57. The maximum Gasteiger partial charge on any atom is 0.0547 e. The van der Waals surface area contributed by atoms with E-state index in [4.69, 9.17) is 0 Å². The third kappa shape index (κ3) is 5.01. The first-order chi connectivity index (χ1) is 26.8. The van der Waals surface area contributed by atoms with E-state index in [0.717, 1.165) is 22.5 Å². The summed E-state index contributed by atoms with van der Waals surface area (Å²) in [6.07, 6.45) is 1.84. The summed E-state index contributed by atoms with van der Waals surface area (Å²) in [7, 11) is 0. The van der Waals surface area contributed by atoms with Crippen LogP contribution in [0.25, 0.3) is 83.3 Å². The van der Waals surface area contributed by atoms with Crippen molar-refractivity contribution in [1.82, 2.24) is 9.55 Å². The number of hydrogen-bond donors (Lipinski definition) is 0. The van der Waals surface area contributed by atoms with E-state index in [2.05, 4.69) is 177 Å². The molecule has 0 spiro atoms. The van der Waals surface area contributed by atoms with Crippen molar-refractivity contribution in [2.24, 2.45) is 0 Å². The summed E-state index contributed by atoms with van der Waals surface area (Å²) in [6.45, 7) is 9.54. The van der Waals surface area contributed by atoms with Crippen molar-refractivity contribution < 1.29 is 20.1 Å². The van der Waals surface area contributed by atoms with Crippen molar-refractivity contribution in [2.75, 3.05) is 0 Å². The first-order valence-electron chi connectivity index (χ1n) is 19.3. The molecule has 271 valence electrons. The third-order valence-electron chi connectivity index (χ3n) is 12.6. The monoisotopic (exact) mass is 896 g/mol. The molecule has 0 saturated carbocycles. The molecule has 0 fully saturated rings. The van der Waals surface area contributed by atoms with Gasteiger partial charge in [0.25, 0.3) is 0 Å². The van der Waals surface area contributed by atoms with Gasteiger partial charge in [0.1, 0.15) is 0 Å². The normalized spacial score (nSPS) is 14.2. The van der Waals surface area contributed by atoms with Crippen LogP contribution < -0.4 is 0 Å². The van der Waals surface area contributed by atoms with Gasteiger partial charge in [-0.05, 0) is 115 Å². The third-order valence-corrected chi connectivity index (χ3v) is 12.6. The Kier molecular flexibility index (Phi) is 7.78. The minimum Gasteiger partial charge on any atom is -0.309 e. The summed E-state index contributed by atoms with van der Waals surface area (Å²) in [5, 5.41) is 2.47. The summed E-state index contributed by atoms with van der Waals surface area (Å²) >= 11 is 0. The largest absolute Gasteiger partial charge is 0.309 e. The van der Waals surface area contributed by atoms with E-state index in [0.29, 0.717) is 0 Å². The minimum atomic E-state index is -0.0837. The van der Waals surface area contributed by atoms with Gasteiger partial charge < -0.3 is 9.55 Å². The Hall–Kier alpha value is -5.86. The van der Waals surface area contributed by atoms with Crippen LogP contribution in [0.1, 0.15) is 49.9 Å². The van der Waals surface area contributed by atoms with Gasteiger partial charge >= 0.3 is 0 Å². The predicted molar refractivity (Wildman–Crippen MR) is 229 cm³/mol. The molecule has 11 rings (SSSR count). The second-order valence-electron chi connectivity index (χ2n) is 16.3. The molecule has 0 unspecified atom stereocenters. The standard InChI is InChI=1S/C53H39N2.Ir/c1-52(2)45-18-9-8-17-39(45)42-31-43-41-28-34(21-24-46(41)53(3,4)48(43)32-47(42)52)36-20-23-40-44-29-35(33-13-12-14-37(27-33)49-19-10-11-26-54-49)22-25-50(44)55(51(40)30-36)38-15-6-5-7-16-38;/h5-13,15-32H,1-4H3;/q-1;. The zero-order valence-electron chi connectivity index (χ0n) is 31.8. The zero-order chi connectivity index (χ0) is 37.1. The molecule has 2 nitrogen and oxygen atoms in total. The first-order valence-corrected chi connectivity index (χ1v) is 19.3. The summed E-state index contributed by atoms with van der Waals surface area (Å²) in [5.74, 6) is 0. The molecular weight excluding hydrogens is 857 g/mol. The molecule has 2 aliphatic carbocycles. The molecule has 2 aromatic heterocycles. The molecule has 0 saturated heterocycles. The minimum absolute atomic E-state index is 0. The molecule has 9 aromatic rings. The number of aromatic nitrogens is 2. The molecule has 2 aliphatic rings. The molecule has 0 amide bonds. The summed E-state index contributed by atoms with van der Waals surface area (Å²) in [6, 6.07) is 61.5. The summed E-state index contributed by atoms with van der Waals surface area (Å²) in [5.41, 5.74) is 21.3. The van der Waals surface area contributed by atoms with E-state index in [9.17, 15) is 0 Å². The number of fused-ring (bicyclic) bond motifs is 9. The van der Waals surface area contributed by atoms with Crippen molar-refractivity contribution in [2.45, 2.75) is 38.5 Å². The van der Waals surface area contributed by atoms with Gasteiger partial charge in [0, 0.05) is 53.6 Å². The van der Waals surface area contributed by atoms with Gasteiger partial charge in [0.15, 0.2) is 0 Å². The van der Waals surface area contributed by atoms with Crippen molar-refractivity contribution in [3.05, 3.63) is 192 Å². The van der Waals surface area contributed by atoms with Gasteiger partial charge in [-0.2, -0.15) is 0 Å². The van der Waals surface area contributed by atoms with Crippen LogP contribution >= 0.6 is 0 Å². The van der Waals surface area contributed by atoms with Crippen molar-refractivity contribution in [1.29, 1.82) is 0 Å². The van der Waals surface area contributed by atoms with E-state index in [1.165, 1.54) is 83.0 Å². The molecule has 0 atom stereocenters. The smallest absolute Gasteiger partial charge is 0.0547 e. The number of benzene rings is 7. The second kappa shape index (κ2) is 12.6. The number of nitrogens with zero attached hydrogens (tertiary/aromatic N) is 2. The number of hydrogen-bond acceptors (Lipinski definition) is 1. The van der Waals surface area contributed by atoms with E-state index in [-0.39, 0.29) is 30.9 Å². The molecule has 2 heterocycles. The van der Waals surface area contributed by atoms with Crippen molar-refractivity contribution in [3.63, 3.8) is 0 Å². The summed E-state index contributed by atoms with van der Waals surface area (Å²) < 4.78 is 2.42. The molecule has 0 N–H and O–H groups in total. The van der Waals surface area contributed by atoms with Gasteiger partial charge in [-0.15, -0.1) is 35.4 Å². The Morgan fingerprint density at radius 1 is 0.464 bits per heavy atom. The molecule has 3 heteroatoms. The number of para-hydroxylation sites is 1. The van der Waals surface area contributed by atoms with Gasteiger partial charge in [-0.1, -0.05) is 119 Å². The molecule has 1 radical (unpaired) electrons. The van der Waals surface area contributed by atoms with Gasteiger partial charge in [0.05, 0.1) is 11.0 Å². The predicted octanol–water partition coefficient (Wildman–Crippen LogP) is 13.6. The molecule has 0 bridgehead atoms. The maximum atomic E-state index is 4.57. The van der Waals surface area contributed by atoms with Crippen molar-refractivity contribution >= 4 is 21.8 Å². The van der Waals surface area contributed by atoms with Crippen molar-refractivity contribution in [3.8, 4) is 61.5 Å². The van der Waals surface area contributed by atoms with Crippen LogP contribution in [-0.2, 0) is 30.9 Å². The summed E-state index contributed by atoms with van der Waals surface area (Å²) in [4.78, 5) is 4.57. The van der Waals surface area contributed by atoms with Crippen LogP contribution in [-0.4, -0.2) is 9.55 Å². The van der Waals surface area contributed by atoms with E-state index >= 15 is 0 Å². The first kappa shape index (κ1) is 34.6. The molecule has 7 aromatic carbocycles. The SMILES string of the molecule is CC1(C)c2ccccc2-c2cc3c(cc21)C(C)(C)c1ccc(-c2ccc4c5cc(-c6cc[c-]c(-c7ccccn7)c6)ccc5n(-c5ccccc5)c4c2)cc1-3.[Ir]. The zero-order valence-corrected chi connectivity index (χ0v) is 34.2. The second-order valence-corrected chi connectivity index (χ2v) is 16.3. The van der Waals surface area contributed by atoms with Gasteiger partial charge in [-0.3, -0.25) is 0 Å². The van der Waals surface area contributed by atoms with E-state index in [1.54, 1.807) is 0 Å². The fraction of sp³-hybridized carbons (Fsp3) is 0.113. The molecular formula is C53H39IrN2-. The fourth-order valence-corrected chi connectivity index (χ4v) is 9.68. The van der Waals surface area contributed by atoms with Crippen LogP contribution in [0.15, 0.2) is 164 Å². The van der Waals surface area contributed by atoms with Crippen LogP contribution in [0.4, 0.5) is 0 Å². The Morgan fingerprint density at radius 3 is 1.91 bits per heavy atom. The molecule has 0 aliphatic heterocycles. The Balaban J connectivity index is 0.00000384. The van der Waals surface area contributed by atoms with Gasteiger partial charge in [0.2, 0.25) is 0 Å². The van der Waals surface area contributed by atoms with Crippen LogP contribution in [0.5, 0.6) is 0 Å². The van der Waals surface area contributed by atoms with Crippen LogP contribution in [0.2, 0.25) is 0 Å². The average Bonchev–Trinajstić information content (AvgIpc) is 3.76. The van der Waals surface area contributed by atoms with E-state index < -0.39 is 0 Å². The molecule has 56 heavy (non-hydrogen) atoms. The number of rotatable bonds is 4. The quantitative estimate of drug-likeness (QED) is 0.161. The number of pyridine rings is 1. The Bertz CT molecular complexity index is 3020. The van der Waals surface area contributed by atoms with Crippen LogP contribution in [0.3, 0.4) is 0 Å². The fourth-order valence-electron chi connectivity index (χ4n) is 9.68. The average molecular weight is 896 g/mol. The van der Waals surface area contributed by atoms with Gasteiger partial charge in [-0.25, -0.2) is 0 Å². The van der Waals surface area contributed by atoms with Crippen LogP contribution in [0, 0.1) is 6.07 Å². The van der Waals surface area contributed by atoms with E-state index in [1.807, 2.05) is 30.5 Å². The topological polar surface area (TPSA) is 17.8 Å². The Morgan fingerprint density at radius 2 is 1.11 bits per heavy atom. The Labute approximate surface area is 341 Å².